The van der Waals surface area contributed by atoms with E-state index in [1.54, 1.807) is 18.0 Å². The quantitative estimate of drug-likeness (QED) is 0.569. The summed E-state index contributed by atoms with van der Waals surface area (Å²) in [6, 6.07) is 8.31. The van der Waals surface area contributed by atoms with E-state index in [9.17, 15) is 14.9 Å². The highest BCUT2D eigenvalue weighted by atomic mass is 79.9. The van der Waals surface area contributed by atoms with Gasteiger partial charge in [0.2, 0.25) is 0 Å². The van der Waals surface area contributed by atoms with E-state index in [1.165, 1.54) is 12.1 Å². The van der Waals surface area contributed by atoms with Crippen LogP contribution in [0.3, 0.4) is 0 Å². The first kappa shape index (κ1) is 19.2. The lowest BCUT2D eigenvalue weighted by atomic mass is 9.97. The molecule has 1 heterocycles. The lowest BCUT2D eigenvalue weighted by molar-refractivity contribution is -0.385. The Labute approximate surface area is 165 Å². The summed E-state index contributed by atoms with van der Waals surface area (Å²) in [5.41, 5.74) is 2.42. The molecule has 1 amide bonds. The van der Waals surface area contributed by atoms with Crippen LogP contribution in [0.1, 0.15) is 25.0 Å². The van der Waals surface area contributed by atoms with Crippen LogP contribution in [-0.2, 0) is 11.4 Å². The number of nitro benzene ring substituents is 1. The van der Waals surface area contributed by atoms with Gasteiger partial charge in [-0.2, -0.15) is 0 Å². The number of hydrogen-bond acceptors (Lipinski definition) is 5. The fraction of sp³-hybridized carbons (Fsp3) is 0.316. The smallest absolute Gasteiger partial charge is 0.273 e. The van der Waals surface area contributed by atoms with Crippen LogP contribution in [0.5, 0.6) is 5.75 Å². The van der Waals surface area contributed by atoms with Crippen LogP contribution < -0.4 is 15.0 Å². The number of nitrogens with one attached hydrogen (secondary N) is 1. The van der Waals surface area contributed by atoms with Gasteiger partial charge in [0.05, 0.1) is 22.4 Å². The number of fused-ring (bicyclic) bond motifs is 1. The molecule has 1 aliphatic heterocycles. The van der Waals surface area contributed by atoms with Crippen LogP contribution in [0, 0.1) is 17.0 Å². The van der Waals surface area contributed by atoms with Gasteiger partial charge in [0.15, 0.2) is 0 Å². The molecule has 0 fully saturated rings. The summed E-state index contributed by atoms with van der Waals surface area (Å²) in [6.07, 6.45) is 0. The zero-order valence-electron chi connectivity index (χ0n) is 15.5. The maximum atomic E-state index is 12.7. The molecule has 7 nitrogen and oxygen atoms in total. The van der Waals surface area contributed by atoms with Crippen molar-refractivity contribution in [2.75, 3.05) is 17.3 Å². The van der Waals surface area contributed by atoms with Crippen molar-refractivity contribution in [3.05, 3.63) is 56.0 Å². The van der Waals surface area contributed by atoms with E-state index < -0.39 is 10.5 Å². The van der Waals surface area contributed by atoms with Gasteiger partial charge in [-0.3, -0.25) is 14.9 Å². The van der Waals surface area contributed by atoms with Gasteiger partial charge in [0.25, 0.3) is 11.6 Å². The maximum Gasteiger partial charge on any atom is 0.273 e. The minimum Gasteiger partial charge on any atom is -0.488 e. The van der Waals surface area contributed by atoms with Gasteiger partial charge in [-0.05, 0) is 44.5 Å². The number of nitrogens with zero attached hydrogens (tertiary/aromatic N) is 2. The standard InChI is InChI=1S/C19H20BrN3O4/c1-11-5-6-12(23(25)26)9-16(11)27-10-13-14(20)7-8-15-17(13)22(4)18(24)19(2,3)21-15/h5-9,21H,10H2,1-4H3. The Morgan fingerprint density at radius 1 is 1.30 bits per heavy atom. The Morgan fingerprint density at radius 2 is 2.00 bits per heavy atom. The number of aryl methyl sites for hydroxylation is 1. The highest BCUT2D eigenvalue weighted by Crippen LogP contribution is 2.41. The van der Waals surface area contributed by atoms with Crippen LogP contribution in [0.4, 0.5) is 17.1 Å². The number of ether oxygens (including phenoxy) is 1. The van der Waals surface area contributed by atoms with Crippen LogP contribution in [0.15, 0.2) is 34.8 Å². The summed E-state index contributed by atoms with van der Waals surface area (Å²) in [7, 11) is 1.73. The summed E-state index contributed by atoms with van der Waals surface area (Å²) in [6.45, 7) is 5.65. The molecule has 0 aliphatic carbocycles. The van der Waals surface area contributed by atoms with E-state index in [4.69, 9.17) is 4.74 Å². The van der Waals surface area contributed by atoms with Gasteiger partial charge in [-0.15, -0.1) is 0 Å². The van der Waals surface area contributed by atoms with Gasteiger partial charge in [0.1, 0.15) is 17.9 Å². The summed E-state index contributed by atoms with van der Waals surface area (Å²) in [5, 5.41) is 14.3. The second-order valence-corrected chi connectivity index (χ2v) is 7.89. The number of halogens is 1. The third kappa shape index (κ3) is 3.49. The number of likely N-dealkylation sites (N-methyl/N-ethyl adjacent to an activating group) is 1. The summed E-state index contributed by atoms with van der Waals surface area (Å²) in [4.78, 5) is 24.8. The number of nitro groups is 1. The topological polar surface area (TPSA) is 84.7 Å². The van der Waals surface area contributed by atoms with Crippen molar-refractivity contribution in [3.8, 4) is 5.75 Å². The molecule has 0 spiro atoms. The Balaban J connectivity index is 1.97. The van der Waals surface area contributed by atoms with Gasteiger partial charge in [-0.1, -0.05) is 15.9 Å². The van der Waals surface area contributed by atoms with E-state index in [0.717, 1.165) is 27.0 Å². The summed E-state index contributed by atoms with van der Waals surface area (Å²) < 4.78 is 6.69. The van der Waals surface area contributed by atoms with E-state index in [2.05, 4.69) is 21.2 Å². The molecule has 2 aromatic carbocycles. The zero-order chi connectivity index (χ0) is 19.9. The number of anilines is 2. The van der Waals surface area contributed by atoms with Crippen molar-refractivity contribution in [2.45, 2.75) is 32.9 Å². The molecule has 27 heavy (non-hydrogen) atoms. The highest BCUT2D eigenvalue weighted by molar-refractivity contribution is 9.10. The predicted octanol–water partition coefficient (Wildman–Crippen LogP) is 4.41. The van der Waals surface area contributed by atoms with Crippen molar-refractivity contribution >= 4 is 38.9 Å². The van der Waals surface area contributed by atoms with Gasteiger partial charge < -0.3 is 15.0 Å². The number of benzene rings is 2. The Bertz CT molecular complexity index is 943. The minimum atomic E-state index is -0.704. The number of carbonyl (C=O) groups excluding carboxylic acids is 1. The summed E-state index contributed by atoms with van der Waals surface area (Å²) in [5.74, 6) is 0.382. The van der Waals surface area contributed by atoms with Gasteiger partial charge in [-0.25, -0.2) is 0 Å². The molecule has 0 atom stereocenters. The Morgan fingerprint density at radius 3 is 2.67 bits per heavy atom. The molecule has 0 radical (unpaired) electrons. The van der Waals surface area contributed by atoms with Crippen LogP contribution in [0.25, 0.3) is 0 Å². The molecule has 2 aromatic rings. The molecule has 0 aromatic heterocycles. The van der Waals surface area contributed by atoms with E-state index in [1.807, 2.05) is 32.9 Å². The number of carbonyl (C=O) groups is 1. The molecule has 142 valence electrons. The molecular weight excluding hydrogens is 414 g/mol. The zero-order valence-corrected chi connectivity index (χ0v) is 17.1. The first-order chi connectivity index (χ1) is 12.6. The summed E-state index contributed by atoms with van der Waals surface area (Å²) >= 11 is 3.53. The van der Waals surface area contributed by atoms with Crippen molar-refractivity contribution in [2.24, 2.45) is 0 Å². The molecule has 1 N–H and O–H groups in total. The van der Waals surface area contributed by atoms with Crippen molar-refractivity contribution < 1.29 is 14.5 Å². The fourth-order valence-corrected chi connectivity index (χ4v) is 3.59. The van der Waals surface area contributed by atoms with Gasteiger partial charge >= 0.3 is 0 Å². The van der Waals surface area contributed by atoms with Crippen molar-refractivity contribution in [1.29, 1.82) is 0 Å². The number of hydrogen-bond donors (Lipinski definition) is 1. The first-order valence-corrected chi connectivity index (χ1v) is 9.16. The van der Waals surface area contributed by atoms with Crippen molar-refractivity contribution in [3.63, 3.8) is 0 Å². The minimum absolute atomic E-state index is 0.0273. The fourth-order valence-electron chi connectivity index (χ4n) is 3.15. The third-order valence-corrected chi connectivity index (χ3v) is 5.34. The molecule has 1 aliphatic rings. The molecule has 0 unspecified atom stereocenters. The first-order valence-electron chi connectivity index (χ1n) is 8.37. The average molecular weight is 434 g/mol. The molecule has 3 rings (SSSR count). The Hall–Kier alpha value is -2.61. The maximum absolute atomic E-state index is 12.7. The van der Waals surface area contributed by atoms with Crippen molar-refractivity contribution in [1.82, 2.24) is 0 Å². The average Bonchev–Trinajstić information content (AvgIpc) is 2.60. The monoisotopic (exact) mass is 433 g/mol. The second-order valence-electron chi connectivity index (χ2n) is 7.03. The van der Waals surface area contributed by atoms with Crippen LogP contribution in [0.2, 0.25) is 0 Å². The van der Waals surface area contributed by atoms with E-state index in [0.29, 0.717) is 5.75 Å². The third-order valence-electron chi connectivity index (χ3n) is 4.60. The van der Waals surface area contributed by atoms with Gasteiger partial charge in [0, 0.05) is 23.2 Å². The molecule has 0 bridgehead atoms. The molecule has 8 heteroatoms. The molecule has 0 saturated carbocycles. The molecule has 0 saturated heterocycles. The Kier molecular flexibility index (Phi) is 4.86. The SMILES string of the molecule is Cc1ccc([N+](=O)[O-])cc1OCc1c(Br)ccc2c1N(C)C(=O)C(C)(C)N2. The van der Waals surface area contributed by atoms with Crippen LogP contribution >= 0.6 is 15.9 Å². The molecular formula is C19H20BrN3O4. The largest absolute Gasteiger partial charge is 0.488 e. The number of non-ortho nitro benzene ring substituents is 1. The normalized spacial score (nSPS) is 15.1. The van der Waals surface area contributed by atoms with E-state index >= 15 is 0 Å². The number of amides is 1. The highest BCUT2D eigenvalue weighted by Gasteiger charge is 2.38. The van der Waals surface area contributed by atoms with E-state index in [-0.39, 0.29) is 18.2 Å². The second kappa shape index (κ2) is 6.84. The lowest BCUT2D eigenvalue weighted by Crippen LogP contribution is -2.52. The van der Waals surface area contributed by atoms with Crippen LogP contribution in [-0.4, -0.2) is 23.4 Å². The number of rotatable bonds is 4. The predicted molar refractivity (Wildman–Crippen MR) is 107 cm³/mol. The lowest BCUT2D eigenvalue weighted by Gasteiger charge is -2.39.